The van der Waals surface area contributed by atoms with Crippen LogP contribution in [0.5, 0.6) is 0 Å². The second-order valence-electron chi connectivity index (χ2n) is 7.03. The zero-order valence-electron chi connectivity index (χ0n) is 14.8. The third kappa shape index (κ3) is 4.02. The number of piperidine rings is 1. The highest BCUT2D eigenvalue weighted by atomic mass is 16.5. The van der Waals surface area contributed by atoms with E-state index in [-0.39, 0.29) is 6.10 Å². The van der Waals surface area contributed by atoms with Crippen molar-refractivity contribution in [1.29, 1.82) is 0 Å². The molecule has 6 heteroatoms. The van der Waals surface area contributed by atoms with E-state index in [0.29, 0.717) is 18.5 Å². The number of aryl methyl sites for hydroxylation is 1. The molecule has 2 aliphatic rings. The minimum Gasteiger partial charge on any atom is -0.371 e. The van der Waals surface area contributed by atoms with Gasteiger partial charge in [0.25, 0.3) is 5.89 Å². The molecule has 0 bridgehead atoms. The van der Waals surface area contributed by atoms with Crippen molar-refractivity contribution < 1.29 is 9.26 Å². The smallest absolute Gasteiger partial charge is 0.255 e. The molecule has 0 radical (unpaired) electrons. The van der Waals surface area contributed by atoms with E-state index in [2.05, 4.69) is 51.5 Å². The molecule has 0 saturated carbocycles. The second kappa shape index (κ2) is 7.54. The normalized spacial score (nSPS) is 21.8. The summed E-state index contributed by atoms with van der Waals surface area (Å²) >= 11 is 0. The third-order valence-corrected chi connectivity index (χ3v) is 5.10. The van der Waals surface area contributed by atoms with Gasteiger partial charge in [0.2, 0.25) is 0 Å². The first kappa shape index (κ1) is 16.5. The Morgan fingerprint density at radius 3 is 2.88 bits per heavy atom. The van der Waals surface area contributed by atoms with E-state index in [1.54, 1.807) is 0 Å². The highest BCUT2D eigenvalue weighted by Gasteiger charge is 2.24. The van der Waals surface area contributed by atoms with Crippen molar-refractivity contribution in [2.75, 3.05) is 24.6 Å². The largest absolute Gasteiger partial charge is 0.371 e. The fourth-order valence-corrected chi connectivity index (χ4v) is 3.64. The molecule has 1 N–H and O–H groups in total. The molecular weight excluding hydrogens is 316 g/mol. The molecule has 1 aromatic carbocycles. The summed E-state index contributed by atoms with van der Waals surface area (Å²) < 4.78 is 10.9. The molecular formula is C19H26N4O2. The summed E-state index contributed by atoms with van der Waals surface area (Å²) in [6.45, 7) is 5.75. The maximum Gasteiger partial charge on any atom is 0.255 e. The average molecular weight is 342 g/mol. The molecule has 0 amide bonds. The predicted octanol–water partition coefficient (Wildman–Crippen LogP) is 2.99. The van der Waals surface area contributed by atoms with Crippen molar-refractivity contribution in [3.63, 3.8) is 0 Å². The van der Waals surface area contributed by atoms with Gasteiger partial charge in [-0.2, -0.15) is 4.98 Å². The van der Waals surface area contributed by atoms with Crippen molar-refractivity contribution in [2.45, 2.75) is 51.3 Å². The van der Waals surface area contributed by atoms with Crippen molar-refractivity contribution in [1.82, 2.24) is 15.5 Å². The Balaban J connectivity index is 1.25. The highest BCUT2D eigenvalue weighted by molar-refractivity contribution is 5.48. The molecule has 0 spiro atoms. The van der Waals surface area contributed by atoms with Gasteiger partial charge >= 0.3 is 0 Å². The van der Waals surface area contributed by atoms with Crippen LogP contribution in [0, 0.1) is 6.92 Å². The van der Waals surface area contributed by atoms with Gasteiger partial charge in [0, 0.05) is 31.4 Å². The number of hydrogen-bond donors (Lipinski definition) is 1. The monoisotopic (exact) mass is 342 g/mol. The topological polar surface area (TPSA) is 63.4 Å². The van der Waals surface area contributed by atoms with Gasteiger partial charge in [-0.1, -0.05) is 17.3 Å². The van der Waals surface area contributed by atoms with Crippen LogP contribution < -0.4 is 10.2 Å². The van der Waals surface area contributed by atoms with E-state index in [1.165, 1.54) is 11.3 Å². The number of hydrogen-bond acceptors (Lipinski definition) is 6. The lowest BCUT2D eigenvalue weighted by Gasteiger charge is -2.34. The van der Waals surface area contributed by atoms with E-state index in [1.807, 2.05) is 0 Å². The average Bonchev–Trinajstić information content (AvgIpc) is 3.32. The van der Waals surface area contributed by atoms with Crippen LogP contribution in [0.1, 0.15) is 49.1 Å². The lowest BCUT2D eigenvalue weighted by atomic mass is 10.0. The molecule has 2 fully saturated rings. The van der Waals surface area contributed by atoms with E-state index < -0.39 is 0 Å². The third-order valence-electron chi connectivity index (χ3n) is 5.10. The van der Waals surface area contributed by atoms with Crippen LogP contribution in [-0.4, -0.2) is 35.9 Å². The summed E-state index contributed by atoms with van der Waals surface area (Å²) in [6, 6.07) is 9.25. The molecule has 25 heavy (non-hydrogen) atoms. The van der Waals surface area contributed by atoms with E-state index >= 15 is 0 Å². The Morgan fingerprint density at radius 1 is 1.24 bits per heavy atom. The first-order valence-electron chi connectivity index (χ1n) is 9.27. The Labute approximate surface area is 148 Å². The number of aromatic nitrogens is 2. The second-order valence-corrected chi connectivity index (χ2v) is 7.03. The molecule has 0 unspecified atom stereocenters. The lowest BCUT2D eigenvalue weighted by Crippen LogP contribution is -2.42. The van der Waals surface area contributed by atoms with Gasteiger partial charge < -0.3 is 19.5 Å². The number of rotatable bonds is 5. The van der Waals surface area contributed by atoms with Crippen LogP contribution in [-0.2, 0) is 11.3 Å². The number of benzene rings is 1. The zero-order chi connectivity index (χ0) is 17.1. The van der Waals surface area contributed by atoms with Gasteiger partial charge in [0.15, 0.2) is 5.82 Å². The maximum absolute atomic E-state index is 5.59. The number of nitrogens with zero attached hydrogens (tertiary/aromatic N) is 3. The van der Waals surface area contributed by atoms with Crippen molar-refractivity contribution in [3.8, 4) is 0 Å². The van der Waals surface area contributed by atoms with Crippen LogP contribution in [0.4, 0.5) is 5.69 Å². The van der Waals surface area contributed by atoms with Crippen LogP contribution in [0.3, 0.4) is 0 Å². The van der Waals surface area contributed by atoms with Gasteiger partial charge in [-0.3, -0.25) is 0 Å². The van der Waals surface area contributed by atoms with Gasteiger partial charge in [0.05, 0.1) is 6.54 Å². The van der Waals surface area contributed by atoms with Crippen LogP contribution >= 0.6 is 0 Å². The minimum absolute atomic E-state index is 0.00109. The van der Waals surface area contributed by atoms with E-state index in [4.69, 9.17) is 9.26 Å². The van der Waals surface area contributed by atoms with E-state index in [0.717, 1.165) is 51.2 Å². The van der Waals surface area contributed by atoms with Crippen molar-refractivity contribution in [2.24, 2.45) is 0 Å². The summed E-state index contributed by atoms with van der Waals surface area (Å²) in [7, 11) is 0. The molecule has 2 aliphatic heterocycles. The van der Waals surface area contributed by atoms with Gasteiger partial charge in [0.1, 0.15) is 6.10 Å². The quantitative estimate of drug-likeness (QED) is 0.901. The number of nitrogens with one attached hydrogen (secondary N) is 1. The van der Waals surface area contributed by atoms with Crippen molar-refractivity contribution >= 4 is 5.69 Å². The predicted molar refractivity (Wildman–Crippen MR) is 95.5 cm³/mol. The summed E-state index contributed by atoms with van der Waals surface area (Å²) in [5.74, 6) is 1.36. The standard InChI is InChI=1S/C19H26N4O2/c1-14-4-2-5-16(12-14)23-9-7-15(8-10-23)20-13-18-21-19(25-22-18)17-6-3-11-24-17/h2,4-5,12,15,17,20H,3,6-11,13H2,1H3/t17-/m0/s1. The van der Waals surface area contributed by atoms with Gasteiger partial charge in [-0.15, -0.1) is 0 Å². The molecule has 4 rings (SSSR count). The highest BCUT2D eigenvalue weighted by Crippen LogP contribution is 2.27. The molecule has 0 aliphatic carbocycles. The minimum atomic E-state index is -0.00109. The molecule has 134 valence electrons. The van der Waals surface area contributed by atoms with E-state index in [9.17, 15) is 0 Å². The Kier molecular flexibility index (Phi) is 4.99. The SMILES string of the molecule is Cc1cccc(N2CCC(NCc3noc([C@@H]4CCCO4)n3)CC2)c1. The first-order chi connectivity index (χ1) is 12.3. The first-order valence-corrected chi connectivity index (χ1v) is 9.27. The number of ether oxygens (including phenoxy) is 1. The fourth-order valence-electron chi connectivity index (χ4n) is 3.64. The molecule has 2 saturated heterocycles. The van der Waals surface area contributed by atoms with Crippen LogP contribution in [0.2, 0.25) is 0 Å². The number of anilines is 1. The van der Waals surface area contributed by atoms with Crippen molar-refractivity contribution in [3.05, 3.63) is 41.5 Å². The molecule has 1 aromatic heterocycles. The summed E-state index contributed by atoms with van der Waals surface area (Å²) in [5.41, 5.74) is 2.65. The molecule has 2 aromatic rings. The van der Waals surface area contributed by atoms with Crippen LogP contribution in [0.25, 0.3) is 0 Å². The summed E-state index contributed by atoms with van der Waals surface area (Å²) in [4.78, 5) is 6.94. The molecule has 1 atom stereocenters. The summed E-state index contributed by atoms with van der Waals surface area (Å²) in [5, 5.41) is 7.65. The Hall–Kier alpha value is -1.92. The lowest BCUT2D eigenvalue weighted by molar-refractivity contribution is 0.0835. The Morgan fingerprint density at radius 2 is 2.12 bits per heavy atom. The van der Waals surface area contributed by atoms with Gasteiger partial charge in [-0.25, -0.2) is 0 Å². The maximum atomic E-state index is 5.59. The molecule has 6 nitrogen and oxygen atoms in total. The fraction of sp³-hybridized carbons (Fsp3) is 0.579. The van der Waals surface area contributed by atoms with Gasteiger partial charge in [-0.05, 0) is 50.3 Å². The zero-order valence-corrected chi connectivity index (χ0v) is 14.8. The summed E-state index contributed by atoms with van der Waals surface area (Å²) in [6.07, 6.45) is 4.31. The van der Waals surface area contributed by atoms with Crippen LogP contribution in [0.15, 0.2) is 28.8 Å². The molecule has 3 heterocycles. The Bertz CT molecular complexity index is 688.